The summed E-state index contributed by atoms with van der Waals surface area (Å²) in [6.07, 6.45) is 1.37. The van der Waals surface area contributed by atoms with E-state index in [0.29, 0.717) is 6.04 Å². The molecule has 1 aliphatic heterocycles. The predicted molar refractivity (Wildman–Crippen MR) is 78.1 cm³/mol. The summed E-state index contributed by atoms with van der Waals surface area (Å²) in [4.78, 5) is 10.3. The summed E-state index contributed by atoms with van der Waals surface area (Å²) in [5.41, 5.74) is 0. The number of benzene rings is 1. The van der Waals surface area contributed by atoms with Gasteiger partial charge < -0.3 is 15.0 Å². The Hall–Kier alpha value is -2.28. The van der Waals surface area contributed by atoms with E-state index in [1.165, 1.54) is 12.4 Å². The highest BCUT2D eigenvalue weighted by atomic mass is 19.1. The van der Waals surface area contributed by atoms with Gasteiger partial charge >= 0.3 is 0 Å². The van der Waals surface area contributed by atoms with E-state index < -0.39 is 11.6 Å². The lowest BCUT2D eigenvalue weighted by atomic mass is 10.2. The normalized spacial score (nSPS) is 18.3. The second kappa shape index (κ2) is 6.23. The Labute approximate surface area is 127 Å². The van der Waals surface area contributed by atoms with E-state index in [1.807, 2.05) is 0 Å². The van der Waals surface area contributed by atoms with Crippen molar-refractivity contribution in [3.05, 3.63) is 42.2 Å². The van der Waals surface area contributed by atoms with Gasteiger partial charge in [-0.1, -0.05) is 0 Å². The summed E-state index contributed by atoms with van der Waals surface area (Å²) in [6, 6.07) is 5.16. The van der Waals surface area contributed by atoms with Gasteiger partial charge in [0.2, 0.25) is 5.88 Å². The molecule has 3 rings (SSSR count). The highest BCUT2D eigenvalue weighted by Crippen LogP contribution is 2.25. The number of nitrogens with zero attached hydrogens (tertiary/aromatic N) is 3. The molecule has 0 amide bonds. The topological polar surface area (TPSA) is 50.3 Å². The van der Waals surface area contributed by atoms with Crippen molar-refractivity contribution in [3.63, 3.8) is 0 Å². The number of ether oxygens (including phenoxy) is 1. The van der Waals surface area contributed by atoms with Crippen LogP contribution in [-0.2, 0) is 0 Å². The Morgan fingerprint density at radius 2 is 2.14 bits per heavy atom. The Morgan fingerprint density at radius 1 is 1.27 bits per heavy atom. The van der Waals surface area contributed by atoms with Crippen LogP contribution in [0.1, 0.15) is 6.92 Å². The number of nitrogens with one attached hydrogen (secondary N) is 1. The van der Waals surface area contributed by atoms with Crippen LogP contribution >= 0.6 is 0 Å². The van der Waals surface area contributed by atoms with Crippen LogP contribution in [0.25, 0.3) is 0 Å². The maximum Gasteiger partial charge on any atom is 0.224 e. The first-order chi connectivity index (χ1) is 10.6. The fourth-order valence-corrected chi connectivity index (χ4v) is 2.37. The third kappa shape index (κ3) is 3.30. The zero-order valence-electron chi connectivity index (χ0n) is 12.1. The highest BCUT2D eigenvalue weighted by molar-refractivity contribution is 5.42. The zero-order chi connectivity index (χ0) is 15.5. The van der Waals surface area contributed by atoms with Crippen molar-refractivity contribution in [2.24, 2.45) is 0 Å². The summed E-state index contributed by atoms with van der Waals surface area (Å²) >= 11 is 0. The van der Waals surface area contributed by atoms with E-state index in [4.69, 9.17) is 4.74 Å². The van der Waals surface area contributed by atoms with Gasteiger partial charge in [-0.25, -0.2) is 18.7 Å². The lowest BCUT2D eigenvalue weighted by Gasteiger charge is -2.32. The molecule has 1 N–H and O–H groups in total. The standard InChI is InChI=1S/C15H16F2N4O/c1-10-8-21(5-4-18-10)14-7-15(20-9-19-14)22-13-3-2-11(16)6-12(13)17/h2-3,6-7,9-10,18H,4-5,8H2,1H3. The zero-order valence-corrected chi connectivity index (χ0v) is 12.1. The van der Waals surface area contributed by atoms with Crippen molar-refractivity contribution in [1.29, 1.82) is 0 Å². The molecule has 7 heteroatoms. The van der Waals surface area contributed by atoms with Crippen molar-refractivity contribution in [2.45, 2.75) is 13.0 Å². The van der Waals surface area contributed by atoms with Gasteiger partial charge in [0.05, 0.1) is 0 Å². The summed E-state index contributed by atoms with van der Waals surface area (Å²) < 4.78 is 31.9. The molecule has 0 aliphatic carbocycles. The quantitative estimate of drug-likeness (QED) is 0.943. The van der Waals surface area contributed by atoms with E-state index in [9.17, 15) is 8.78 Å². The Bertz CT molecular complexity index is 668. The Morgan fingerprint density at radius 3 is 2.91 bits per heavy atom. The minimum Gasteiger partial charge on any atom is -0.436 e. The third-order valence-electron chi connectivity index (χ3n) is 3.43. The van der Waals surface area contributed by atoms with Gasteiger partial charge in [0.1, 0.15) is 18.0 Å². The van der Waals surface area contributed by atoms with Crippen LogP contribution in [0, 0.1) is 11.6 Å². The van der Waals surface area contributed by atoms with Crippen molar-refractivity contribution in [1.82, 2.24) is 15.3 Å². The van der Waals surface area contributed by atoms with Crippen LogP contribution < -0.4 is 15.0 Å². The number of aromatic nitrogens is 2. The summed E-state index contributed by atoms with van der Waals surface area (Å²) in [5.74, 6) is -0.540. The van der Waals surface area contributed by atoms with Gasteiger partial charge in [-0.15, -0.1) is 0 Å². The van der Waals surface area contributed by atoms with Crippen LogP contribution in [0.4, 0.5) is 14.6 Å². The first-order valence-electron chi connectivity index (χ1n) is 7.05. The highest BCUT2D eigenvalue weighted by Gasteiger charge is 2.18. The molecule has 1 fully saturated rings. The third-order valence-corrected chi connectivity index (χ3v) is 3.43. The minimum absolute atomic E-state index is 0.0697. The van der Waals surface area contributed by atoms with Gasteiger partial charge in [-0.2, -0.15) is 0 Å². The molecular weight excluding hydrogens is 290 g/mol. The maximum atomic E-state index is 13.6. The molecule has 22 heavy (non-hydrogen) atoms. The lowest BCUT2D eigenvalue weighted by molar-refractivity contribution is 0.421. The fraction of sp³-hybridized carbons (Fsp3) is 0.333. The van der Waals surface area contributed by atoms with E-state index in [1.54, 1.807) is 6.07 Å². The van der Waals surface area contributed by atoms with Crippen LogP contribution in [0.2, 0.25) is 0 Å². The fourth-order valence-electron chi connectivity index (χ4n) is 2.37. The van der Waals surface area contributed by atoms with Crippen molar-refractivity contribution >= 4 is 5.82 Å². The molecule has 2 heterocycles. The second-order valence-corrected chi connectivity index (χ2v) is 5.19. The molecule has 1 aliphatic rings. The van der Waals surface area contributed by atoms with Crippen LogP contribution in [0.15, 0.2) is 30.6 Å². The van der Waals surface area contributed by atoms with Crippen LogP contribution in [-0.4, -0.2) is 35.6 Å². The predicted octanol–water partition coefficient (Wildman–Crippen LogP) is 2.35. The van der Waals surface area contributed by atoms with Gasteiger partial charge in [0.25, 0.3) is 0 Å². The Kier molecular flexibility index (Phi) is 4.15. The number of hydrogen-bond donors (Lipinski definition) is 1. The molecule has 1 saturated heterocycles. The molecule has 1 unspecified atom stereocenters. The number of hydrogen-bond acceptors (Lipinski definition) is 5. The first kappa shape index (κ1) is 14.6. The molecule has 0 bridgehead atoms. The number of halogens is 2. The van der Waals surface area contributed by atoms with Crippen molar-refractivity contribution in [3.8, 4) is 11.6 Å². The minimum atomic E-state index is -0.768. The average Bonchev–Trinajstić information content (AvgIpc) is 2.50. The largest absolute Gasteiger partial charge is 0.436 e. The van der Waals surface area contributed by atoms with E-state index in [2.05, 4.69) is 27.1 Å². The van der Waals surface area contributed by atoms with Gasteiger partial charge in [-0.3, -0.25) is 0 Å². The number of rotatable bonds is 3. The van der Waals surface area contributed by atoms with Crippen LogP contribution in [0.5, 0.6) is 11.6 Å². The lowest BCUT2D eigenvalue weighted by Crippen LogP contribution is -2.49. The second-order valence-electron chi connectivity index (χ2n) is 5.19. The SMILES string of the molecule is CC1CN(c2cc(Oc3ccc(F)cc3F)ncn2)CCN1. The van der Waals surface area contributed by atoms with Crippen molar-refractivity contribution < 1.29 is 13.5 Å². The smallest absolute Gasteiger partial charge is 0.224 e. The summed E-state index contributed by atoms with van der Waals surface area (Å²) in [5, 5.41) is 3.35. The number of anilines is 1. The monoisotopic (exact) mass is 306 g/mol. The molecule has 0 saturated carbocycles. The molecular formula is C15H16F2N4O. The molecule has 2 aromatic rings. The van der Waals surface area contributed by atoms with Crippen molar-refractivity contribution in [2.75, 3.05) is 24.5 Å². The molecule has 116 valence electrons. The summed E-state index contributed by atoms with van der Waals surface area (Å²) in [6.45, 7) is 4.61. The number of piperazine rings is 1. The molecule has 0 radical (unpaired) electrons. The van der Waals surface area contributed by atoms with Gasteiger partial charge in [-0.05, 0) is 19.1 Å². The molecule has 5 nitrogen and oxygen atoms in total. The molecule has 0 spiro atoms. The van der Waals surface area contributed by atoms with Gasteiger partial charge in [0, 0.05) is 37.8 Å². The van der Waals surface area contributed by atoms with E-state index in [0.717, 1.165) is 37.6 Å². The molecule has 1 aromatic heterocycles. The van der Waals surface area contributed by atoms with Crippen LogP contribution in [0.3, 0.4) is 0 Å². The Balaban J connectivity index is 1.79. The van der Waals surface area contributed by atoms with E-state index in [-0.39, 0.29) is 11.6 Å². The maximum absolute atomic E-state index is 13.6. The first-order valence-corrected chi connectivity index (χ1v) is 7.05. The molecule has 1 atom stereocenters. The molecule has 1 aromatic carbocycles. The van der Waals surface area contributed by atoms with Gasteiger partial charge in [0.15, 0.2) is 11.6 Å². The van der Waals surface area contributed by atoms with E-state index >= 15 is 0 Å². The average molecular weight is 306 g/mol. The summed E-state index contributed by atoms with van der Waals surface area (Å²) in [7, 11) is 0.